The van der Waals surface area contributed by atoms with Crippen molar-refractivity contribution in [1.29, 1.82) is 0 Å². The summed E-state index contributed by atoms with van der Waals surface area (Å²) >= 11 is 1.68. The van der Waals surface area contributed by atoms with E-state index in [0.29, 0.717) is 5.56 Å². The highest BCUT2D eigenvalue weighted by atomic mass is 127. The van der Waals surface area contributed by atoms with Crippen molar-refractivity contribution < 1.29 is 27.8 Å². The van der Waals surface area contributed by atoms with E-state index in [9.17, 15) is 18.0 Å². The van der Waals surface area contributed by atoms with E-state index in [1.54, 1.807) is 22.6 Å². The Hall–Kier alpha value is -1.25. The lowest BCUT2D eigenvalue weighted by Gasteiger charge is -2.10. The molecular formula is C10H6F3IO3. The molecule has 0 spiro atoms. The first-order valence-corrected chi connectivity index (χ1v) is 5.32. The summed E-state index contributed by atoms with van der Waals surface area (Å²) in [5, 5.41) is 8.39. The molecule has 0 unspecified atom stereocenters. The van der Waals surface area contributed by atoms with Crippen LogP contribution < -0.4 is 4.74 Å². The van der Waals surface area contributed by atoms with Gasteiger partial charge in [-0.25, -0.2) is 4.79 Å². The van der Waals surface area contributed by atoms with Gasteiger partial charge in [-0.3, -0.25) is 0 Å². The number of hydrogen-bond donors (Lipinski definition) is 1. The molecule has 0 heterocycles. The zero-order valence-electron chi connectivity index (χ0n) is 8.16. The highest BCUT2D eigenvalue weighted by molar-refractivity contribution is 14.1. The summed E-state index contributed by atoms with van der Waals surface area (Å²) in [6, 6.07) is 3.86. The number of carboxylic acids is 1. The van der Waals surface area contributed by atoms with Crippen molar-refractivity contribution >= 4 is 34.6 Å². The first kappa shape index (κ1) is 13.8. The van der Waals surface area contributed by atoms with Crippen LogP contribution >= 0.6 is 22.6 Å². The number of rotatable bonds is 3. The van der Waals surface area contributed by atoms with Gasteiger partial charge in [-0.1, -0.05) is 6.07 Å². The summed E-state index contributed by atoms with van der Waals surface area (Å²) in [5.74, 6) is -1.44. The van der Waals surface area contributed by atoms with Gasteiger partial charge in [-0.2, -0.15) is 0 Å². The average Bonchev–Trinajstić information content (AvgIpc) is 2.17. The zero-order chi connectivity index (χ0) is 13.1. The Bertz CT molecular complexity index is 455. The van der Waals surface area contributed by atoms with Crippen LogP contribution in [0.4, 0.5) is 13.2 Å². The first-order valence-electron chi connectivity index (χ1n) is 4.24. The Labute approximate surface area is 108 Å². The van der Waals surface area contributed by atoms with Gasteiger partial charge < -0.3 is 9.84 Å². The van der Waals surface area contributed by atoms with E-state index >= 15 is 0 Å². The van der Waals surface area contributed by atoms with Gasteiger partial charge >= 0.3 is 12.3 Å². The highest BCUT2D eigenvalue weighted by Gasteiger charge is 2.31. The minimum atomic E-state index is -4.74. The summed E-state index contributed by atoms with van der Waals surface area (Å²) in [4.78, 5) is 10.2. The molecule has 0 bridgehead atoms. The van der Waals surface area contributed by atoms with Crippen molar-refractivity contribution in [2.24, 2.45) is 0 Å². The van der Waals surface area contributed by atoms with Crippen LogP contribution in [0.2, 0.25) is 0 Å². The van der Waals surface area contributed by atoms with Gasteiger partial charge in [-0.15, -0.1) is 13.2 Å². The van der Waals surface area contributed by atoms with Gasteiger partial charge in [0, 0.05) is 6.08 Å². The number of alkyl halides is 3. The highest BCUT2D eigenvalue weighted by Crippen LogP contribution is 2.28. The van der Waals surface area contributed by atoms with Crippen LogP contribution in [0, 0.1) is 3.57 Å². The second kappa shape index (κ2) is 5.39. The molecule has 17 heavy (non-hydrogen) atoms. The van der Waals surface area contributed by atoms with Crippen LogP contribution in [0.5, 0.6) is 5.75 Å². The minimum absolute atomic E-state index is 0.243. The molecule has 1 aromatic rings. The molecule has 0 atom stereocenters. The minimum Gasteiger partial charge on any atom is -0.478 e. The predicted octanol–water partition coefficient (Wildman–Crippen LogP) is 3.29. The molecule has 0 amide bonds. The maximum atomic E-state index is 12.0. The Morgan fingerprint density at radius 1 is 1.41 bits per heavy atom. The molecule has 3 nitrogen and oxygen atoms in total. The Balaban J connectivity index is 2.90. The van der Waals surface area contributed by atoms with Crippen molar-refractivity contribution in [3.8, 4) is 5.75 Å². The number of aliphatic carboxylic acids is 1. The molecule has 0 aromatic heterocycles. The number of hydrogen-bond acceptors (Lipinski definition) is 2. The lowest BCUT2D eigenvalue weighted by atomic mass is 10.2. The standard InChI is InChI=1S/C10H6F3IO3/c11-10(12,13)17-8-3-1-6(5-7(8)14)2-4-9(15)16/h1-5H,(H,15,16). The molecule has 0 aliphatic rings. The van der Waals surface area contributed by atoms with E-state index in [-0.39, 0.29) is 9.32 Å². The van der Waals surface area contributed by atoms with Gasteiger partial charge in [0.15, 0.2) is 0 Å². The van der Waals surface area contributed by atoms with E-state index < -0.39 is 12.3 Å². The number of carbonyl (C=O) groups is 1. The smallest absolute Gasteiger partial charge is 0.478 e. The van der Waals surface area contributed by atoms with E-state index in [1.807, 2.05) is 0 Å². The van der Waals surface area contributed by atoms with Crippen LogP contribution in [0.3, 0.4) is 0 Å². The van der Waals surface area contributed by atoms with Gasteiger partial charge in [-0.05, 0) is 46.4 Å². The quantitative estimate of drug-likeness (QED) is 0.667. The normalized spacial score (nSPS) is 11.8. The Morgan fingerprint density at radius 3 is 2.53 bits per heavy atom. The van der Waals surface area contributed by atoms with Gasteiger partial charge in [0.1, 0.15) is 5.75 Å². The number of ether oxygens (including phenoxy) is 1. The largest absolute Gasteiger partial charge is 0.573 e. The number of benzene rings is 1. The van der Waals surface area contributed by atoms with Crippen LogP contribution in [0.15, 0.2) is 24.3 Å². The molecule has 0 aliphatic carbocycles. The third kappa shape index (κ3) is 5.07. The summed E-state index contributed by atoms with van der Waals surface area (Å²) in [6.07, 6.45) is -2.56. The van der Waals surface area contributed by atoms with Crippen molar-refractivity contribution in [3.05, 3.63) is 33.4 Å². The van der Waals surface area contributed by atoms with Crippen molar-refractivity contribution in [3.63, 3.8) is 0 Å². The van der Waals surface area contributed by atoms with E-state index in [2.05, 4.69) is 4.74 Å². The van der Waals surface area contributed by atoms with Gasteiger partial charge in [0.25, 0.3) is 0 Å². The topological polar surface area (TPSA) is 46.5 Å². The SMILES string of the molecule is O=C(O)C=Cc1ccc(OC(F)(F)F)c(I)c1. The van der Waals surface area contributed by atoms with Crippen molar-refractivity contribution in [2.45, 2.75) is 6.36 Å². The molecule has 92 valence electrons. The fourth-order valence-corrected chi connectivity index (χ4v) is 1.65. The molecule has 0 aliphatic heterocycles. The fourth-order valence-electron chi connectivity index (χ4n) is 0.996. The molecule has 0 saturated heterocycles. The lowest BCUT2D eigenvalue weighted by molar-refractivity contribution is -0.274. The molecule has 7 heteroatoms. The summed E-state index contributed by atoms with van der Waals surface area (Å²) in [7, 11) is 0. The summed E-state index contributed by atoms with van der Waals surface area (Å²) in [5.41, 5.74) is 0.478. The summed E-state index contributed by atoms with van der Waals surface area (Å²) < 4.78 is 39.9. The Kier molecular flexibility index (Phi) is 4.38. The molecule has 1 N–H and O–H groups in total. The molecule has 1 aromatic carbocycles. The third-order valence-corrected chi connectivity index (χ3v) is 2.44. The van der Waals surface area contributed by atoms with E-state index in [0.717, 1.165) is 12.1 Å². The average molecular weight is 358 g/mol. The lowest BCUT2D eigenvalue weighted by Crippen LogP contribution is -2.17. The molecule has 0 fully saturated rings. The van der Waals surface area contributed by atoms with Crippen LogP contribution in [0.1, 0.15) is 5.56 Å². The molecule has 1 rings (SSSR count). The van der Waals surface area contributed by atoms with Crippen molar-refractivity contribution in [2.75, 3.05) is 0 Å². The number of carboxylic acid groups (broad SMARTS) is 1. The number of halogens is 4. The predicted molar refractivity (Wildman–Crippen MR) is 62.5 cm³/mol. The van der Waals surface area contributed by atoms with E-state index in [1.165, 1.54) is 18.2 Å². The van der Waals surface area contributed by atoms with Crippen LogP contribution in [-0.4, -0.2) is 17.4 Å². The van der Waals surface area contributed by atoms with Gasteiger partial charge in [0.2, 0.25) is 0 Å². The monoisotopic (exact) mass is 358 g/mol. The van der Waals surface area contributed by atoms with Crippen LogP contribution in [0.25, 0.3) is 6.08 Å². The second-order valence-electron chi connectivity index (χ2n) is 2.91. The van der Waals surface area contributed by atoms with E-state index in [4.69, 9.17) is 5.11 Å². The Morgan fingerprint density at radius 2 is 2.06 bits per heavy atom. The van der Waals surface area contributed by atoms with Gasteiger partial charge in [0.05, 0.1) is 3.57 Å². The first-order chi connectivity index (χ1) is 7.78. The third-order valence-electron chi connectivity index (χ3n) is 1.60. The molecule has 0 saturated carbocycles. The maximum absolute atomic E-state index is 12.0. The summed E-state index contributed by atoms with van der Waals surface area (Å²) in [6.45, 7) is 0. The maximum Gasteiger partial charge on any atom is 0.573 e. The molecular weight excluding hydrogens is 352 g/mol. The second-order valence-corrected chi connectivity index (χ2v) is 4.07. The fraction of sp³-hybridized carbons (Fsp3) is 0.100. The molecule has 0 radical (unpaired) electrons. The van der Waals surface area contributed by atoms with Crippen molar-refractivity contribution in [1.82, 2.24) is 0 Å². The zero-order valence-corrected chi connectivity index (χ0v) is 10.3. The van der Waals surface area contributed by atoms with Crippen LogP contribution in [-0.2, 0) is 4.79 Å².